The third kappa shape index (κ3) is 3.93. The van der Waals surface area contributed by atoms with Crippen LogP contribution in [0.4, 0.5) is 0 Å². The van der Waals surface area contributed by atoms with E-state index in [1.165, 1.54) is 0 Å². The van der Waals surface area contributed by atoms with Crippen LogP contribution >= 0.6 is 11.6 Å². The van der Waals surface area contributed by atoms with E-state index < -0.39 is 6.04 Å². The van der Waals surface area contributed by atoms with Gasteiger partial charge in [0.05, 0.1) is 6.61 Å². The van der Waals surface area contributed by atoms with E-state index in [-0.39, 0.29) is 12.5 Å². The summed E-state index contributed by atoms with van der Waals surface area (Å²) in [5.74, 6) is -0.0423. The molecule has 1 aromatic rings. The highest BCUT2D eigenvalue weighted by atomic mass is 35.5. The molecule has 2 N–H and O–H groups in total. The Labute approximate surface area is 118 Å². The number of carbonyl (C=O) groups excluding carboxylic acids is 1. The third-order valence-corrected chi connectivity index (χ3v) is 3.45. The molecule has 104 valence electrons. The molecule has 1 amide bonds. The van der Waals surface area contributed by atoms with Crippen molar-refractivity contribution >= 4 is 17.5 Å². The van der Waals surface area contributed by atoms with Gasteiger partial charge in [-0.2, -0.15) is 0 Å². The minimum absolute atomic E-state index is 0.0423. The normalized spacial score (nSPS) is 16.2. The largest absolute Gasteiger partial charge is 0.383 e. The summed E-state index contributed by atoms with van der Waals surface area (Å²) in [7, 11) is 1.55. The molecule has 2 rings (SSSR count). The molecule has 1 aromatic carbocycles. The zero-order valence-electron chi connectivity index (χ0n) is 11.0. The molecule has 0 spiro atoms. The maximum atomic E-state index is 12.3. The molecular formula is C14H19ClN2O2. The predicted molar refractivity (Wildman–Crippen MR) is 74.9 cm³/mol. The summed E-state index contributed by atoms with van der Waals surface area (Å²) in [6, 6.07) is 7.28. The summed E-state index contributed by atoms with van der Waals surface area (Å²) in [5, 5.41) is 0.698. The lowest BCUT2D eigenvalue weighted by molar-refractivity contribution is -0.135. The van der Waals surface area contributed by atoms with Gasteiger partial charge in [-0.25, -0.2) is 0 Å². The minimum Gasteiger partial charge on any atom is -0.383 e. The highest BCUT2D eigenvalue weighted by Gasteiger charge is 2.34. The Hall–Kier alpha value is -1.10. The molecule has 0 radical (unpaired) electrons. The van der Waals surface area contributed by atoms with Crippen molar-refractivity contribution in [3.63, 3.8) is 0 Å². The summed E-state index contributed by atoms with van der Waals surface area (Å²) in [6.45, 7) is 0.834. The van der Waals surface area contributed by atoms with Crippen molar-refractivity contribution in [3.05, 3.63) is 34.9 Å². The summed E-state index contributed by atoms with van der Waals surface area (Å²) in [5.41, 5.74) is 6.90. The van der Waals surface area contributed by atoms with Gasteiger partial charge in [0.25, 0.3) is 0 Å². The lowest BCUT2D eigenvalue weighted by Crippen LogP contribution is -2.46. The van der Waals surface area contributed by atoms with Crippen molar-refractivity contribution in [1.82, 2.24) is 4.90 Å². The second kappa shape index (κ2) is 6.37. The van der Waals surface area contributed by atoms with Crippen molar-refractivity contribution in [3.8, 4) is 0 Å². The lowest BCUT2D eigenvalue weighted by Gasteiger charge is -2.25. The van der Waals surface area contributed by atoms with Crippen LogP contribution in [0.5, 0.6) is 0 Å². The highest BCUT2D eigenvalue weighted by Crippen LogP contribution is 2.29. The molecule has 0 aromatic heterocycles. The lowest BCUT2D eigenvalue weighted by atomic mass is 10.2. The van der Waals surface area contributed by atoms with E-state index in [4.69, 9.17) is 22.1 Å². The number of nitrogens with zero attached hydrogens (tertiary/aromatic N) is 1. The summed E-state index contributed by atoms with van der Waals surface area (Å²) in [6.07, 6.45) is 2.11. The number of carbonyl (C=O) groups is 1. The van der Waals surface area contributed by atoms with Gasteiger partial charge in [0.1, 0.15) is 6.04 Å². The first-order valence-corrected chi connectivity index (χ1v) is 6.79. The van der Waals surface area contributed by atoms with Crippen LogP contribution in [0.3, 0.4) is 0 Å². The van der Waals surface area contributed by atoms with Crippen molar-refractivity contribution in [1.29, 1.82) is 0 Å². The van der Waals surface area contributed by atoms with Crippen LogP contribution in [-0.4, -0.2) is 36.6 Å². The van der Waals surface area contributed by atoms with Crippen LogP contribution in [0.1, 0.15) is 18.4 Å². The first-order chi connectivity index (χ1) is 9.11. The zero-order chi connectivity index (χ0) is 13.8. The van der Waals surface area contributed by atoms with Crippen LogP contribution in [0.2, 0.25) is 5.02 Å². The third-order valence-electron chi connectivity index (χ3n) is 3.20. The highest BCUT2D eigenvalue weighted by molar-refractivity contribution is 6.30. The molecule has 1 aliphatic carbocycles. The quantitative estimate of drug-likeness (QED) is 0.866. The van der Waals surface area contributed by atoms with Gasteiger partial charge in [-0.05, 0) is 30.5 Å². The molecule has 4 nitrogen and oxygen atoms in total. The van der Waals surface area contributed by atoms with Gasteiger partial charge in [0.15, 0.2) is 0 Å². The van der Waals surface area contributed by atoms with E-state index in [0.29, 0.717) is 17.6 Å². The Morgan fingerprint density at radius 3 is 2.63 bits per heavy atom. The molecule has 1 aliphatic rings. The molecule has 0 bridgehead atoms. The van der Waals surface area contributed by atoms with E-state index >= 15 is 0 Å². The van der Waals surface area contributed by atoms with E-state index in [1.807, 2.05) is 29.2 Å². The number of ether oxygens (including phenoxy) is 1. The molecular weight excluding hydrogens is 264 g/mol. The van der Waals surface area contributed by atoms with Crippen LogP contribution in [0.15, 0.2) is 24.3 Å². The Kier molecular flexibility index (Phi) is 4.80. The predicted octanol–water partition coefficient (Wildman–Crippen LogP) is 1.80. The number of hydrogen-bond donors (Lipinski definition) is 1. The average molecular weight is 283 g/mol. The zero-order valence-corrected chi connectivity index (χ0v) is 11.8. The van der Waals surface area contributed by atoms with Gasteiger partial charge < -0.3 is 15.4 Å². The number of amides is 1. The van der Waals surface area contributed by atoms with Crippen molar-refractivity contribution in [2.24, 2.45) is 5.73 Å². The van der Waals surface area contributed by atoms with E-state index in [2.05, 4.69) is 0 Å². The maximum absolute atomic E-state index is 12.3. The Morgan fingerprint density at radius 2 is 2.11 bits per heavy atom. The van der Waals surface area contributed by atoms with Crippen LogP contribution in [0.25, 0.3) is 0 Å². The van der Waals surface area contributed by atoms with Crippen molar-refractivity contribution < 1.29 is 9.53 Å². The molecule has 1 atom stereocenters. The molecule has 1 unspecified atom stereocenters. The van der Waals surface area contributed by atoms with Crippen LogP contribution < -0.4 is 5.73 Å². The van der Waals surface area contributed by atoms with Gasteiger partial charge in [0, 0.05) is 24.7 Å². The number of nitrogens with two attached hydrogens (primary N) is 1. The van der Waals surface area contributed by atoms with E-state index in [9.17, 15) is 4.79 Å². The number of halogens is 1. The molecule has 19 heavy (non-hydrogen) atoms. The topological polar surface area (TPSA) is 55.6 Å². The smallest absolute Gasteiger partial charge is 0.242 e. The van der Waals surface area contributed by atoms with Crippen molar-refractivity contribution in [2.45, 2.75) is 31.5 Å². The Balaban J connectivity index is 2.04. The minimum atomic E-state index is -0.585. The molecule has 0 aliphatic heterocycles. The molecule has 0 heterocycles. The van der Waals surface area contributed by atoms with Gasteiger partial charge in [0.2, 0.25) is 5.91 Å². The Morgan fingerprint density at radius 1 is 1.47 bits per heavy atom. The monoisotopic (exact) mass is 282 g/mol. The summed E-state index contributed by atoms with van der Waals surface area (Å²) in [4.78, 5) is 14.1. The fourth-order valence-corrected chi connectivity index (χ4v) is 2.15. The SMILES string of the molecule is COCC(N)C(=O)N(Cc1ccc(Cl)cc1)C1CC1. The average Bonchev–Trinajstić information content (AvgIpc) is 3.22. The van der Waals surface area contributed by atoms with E-state index in [0.717, 1.165) is 18.4 Å². The van der Waals surface area contributed by atoms with E-state index in [1.54, 1.807) is 7.11 Å². The van der Waals surface area contributed by atoms with Gasteiger partial charge in [-0.3, -0.25) is 4.79 Å². The second-order valence-electron chi connectivity index (χ2n) is 4.89. The molecule has 1 fully saturated rings. The van der Waals surface area contributed by atoms with Gasteiger partial charge >= 0.3 is 0 Å². The van der Waals surface area contributed by atoms with Gasteiger partial charge in [-0.1, -0.05) is 23.7 Å². The number of methoxy groups -OCH3 is 1. The van der Waals surface area contributed by atoms with Crippen LogP contribution in [0, 0.1) is 0 Å². The summed E-state index contributed by atoms with van der Waals surface area (Å²) < 4.78 is 4.95. The fraction of sp³-hybridized carbons (Fsp3) is 0.500. The first-order valence-electron chi connectivity index (χ1n) is 6.41. The first kappa shape index (κ1) is 14.3. The summed E-state index contributed by atoms with van der Waals surface area (Å²) >= 11 is 5.86. The standard InChI is InChI=1S/C14H19ClN2O2/c1-19-9-13(16)14(18)17(12-6-7-12)8-10-2-4-11(15)5-3-10/h2-5,12-13H,6-9,16H2,1H3. The Bertz CT molecular complexity index is 432. The number of hydrogen-bond acceptors (Lipinski definition) is 3. The van der Waals surface area contributed by atoms with Crippen LogP contribution in [-0.2, 0) is 16.1 Å². The van der Waals surface area contributed by atoms with Gasteiger partial charge in [-0.15, -0.1) is 0 Å². The number of benzene rings is 1. The second-order valence-corrected chi connectivity index (χ2v) is 5.32. The molecule has 1 saturated carbocycles. The number of rotatable bonds is 6. The molecule has 5 heteroatoms. The maximum Gasteiger partial charge on any atom is 0.242 e. The fourth-order valence-electron chi connectivity index (χ4n) is 2.02. The molecule has 0 saturated heterocycles. The van der Waals surface area contributed by atoms with Crippen molar-refractivity contribution in [2.75, 3.05) is 13.7 Å².